The Bertz CT molecular complexity index is 993. The number of halogens is 3. The van der Waals surface area contributed by atoms with E-state index in [2.05, 4.69) is 5.32 Å². The molecule has 0 fully saturated rings. The van der Waals surface area contributed by atoms with E-state index in [-0.39, 0.29) is 17.1 Å². The van der Waals surface area contributed by atoms with Crippen LogP contribution in [0.3, 0.4) is 0 Å². The molecule has 0 aliphatic heterocycles. The molecule has 2 aromatic rings. The van der Waals surface area contributed by atoms with Crippen LogP contribution in [0.15, 0.2) is 42.5 Å². The first-order valence-electron chi connectivity index (χ1n) is 8.12. The van der Waals surface area contributed by atoms with E-state index in [4.69, 9.17) is 9.47 Å². The van der Waals surface area contributed by atoms with Crippen molar-refractivity contribution in [1.29, 1.82) is 0 Å². The van der Waals surface area contributed by atoms with Crippen LogP contribution in [0.1, 0.15) is 5.56 Å². The van der Waals surface area contributed by atoms with E-state index < -0.39 is 34.2 Å². The molecule has 7 nitrogen and oxygen atoms in total. The van der Waals surface area contributed by atoms with Gasteiger partial charge in [-0.25, -0.2) is 8.42 Å². The fraction of sp³-hybridized carbons (Fsp3) is 0.278. The molecule has 0 radical (unpaired) electrons. The molecule has 0 atom stereocenters. The summed E-state index contributed by atoms with van der Waals surface area (Å²) in [5, 5.41) is 2.48. The van der Waals surface area contributed by atoms with Gasteiger partial charge < -0.3 is 14.8 Å². The third-order valence-corrected chi connectivity index (χ3v) is 4.97. The maximum absolute atomic E-state index is 13.0. The van der Waals surface area contributed by atoms with Gasteiger partial charge >= 0.3 is 6.18 Å². The first kappa shape index (κ1) is 22.3. The summed E-state index contributed by atoms with van der Waals surface area (Å²) in [5.74, 6) is -0.0273. The number of rotatable bonds is 7. The molecule has 0 aliphatic carbocycles. The van der Waals surface area contributed by atoms with Gasteiger partial charge in [-0.15, -0.1) is 0 Å². The first-order chi connectivity index (χ1) is 13.5. The number of hydrogen-bond acceptors (Lipinski definition) is 5. The Morgan fingerprint density at radius 1 is 1.10 bits per heavy atom. The van der Waals surface area contributed by atoms with E-state index in [1.807, 2.05) is 0 Å². The lowest BCUT2D eigenvalue weighted by molar-refractivity contribution is -0.137. The van der Waals surface area contributed by atoms with Crippen molar-refractivity contribution in [3.05, 3.63) is 48.0 Å². The standard InChI is InChI=1S/C18H19F3N2O5S/c1-27-14-7-8-15(16(10-14)28-2)22-17(24)11-23(29(3,25)26)13-6-4-5-12(9-13)18(19,20)21/h4-10H,11H2,1-3H3,(H,22,24). The number of ether oxygens (including phenoxy) is 2. The van der Waals surface area contributed by atoms with Gasteiger partial charge in [-0.2, -0.15) is 13.2 Å². The Morgan fingerprint density at radius 3 is 2.34 bits per heavy atom. The lowest BCUT2D eigenvalue weighted by atomic mass is 10.2. The first-order valence-corrected chi connectivity index (χ1v) is 9.97. The zero-order chi connectivity index (χ0) is 21.8. The Balaban J connectivity index is 2.30. The number of methoxy groups -OCH3 is 2. The molecule has 0 heterocycles. The Morgan fingerprint density at radius 2 is 1.79 bits per heavy atom. The van der Waals surface area contributed by atoms with Gasteiger partial charge in [0.05, 0.1) is 37.4 Å². The van der Waals surface area contributed by atoms with Gasteiger partial charge in [-0.3, -0.25) is 9.10 Å². The fourth-order valence-corrected chi connectivity index (χ4v) is 3.31. The molecular weight excluding hydrogens is 413 g/mol. The van der Waals surface area contributed by atoms with Crippen LogP contribution >= 0.6 is 0 Å². The number of alkyl halides is 3. The summed E-state index contributed by atoms with van der Waals surface area (Å²) >= 11 is 0. The molecule has 2 aromatic carbocycles. The van der Waals surface area contributed by atoms with Crippen LogP contribution in [-0.2, 0) is 21.0 Å². The lowest BCUT2D eigenvalue weighted by Gasteiger charge is -2.23. The van der Waals surface area contributed by atoms with Gasteiger partial charge in [0, 0.05) is 6.07 Å². The largest absolute Gasteiger partial charge is 0.497 e. The van der Waals surface area contributed by atoms with E-state index >= 15 is 0 Å². The number of carbonyl (C=O) groups is 1. The van der Waals surface area contributed by atoms with E-state index in [0.717, 1.165) is 18.4 Å². The normalized spacial score (nSPS) is 11.7. The number of nitrogens with one attached hydrogen (secondary N) is 1. The third-order valence-electron chi connectivity index (χ3n) is 3.83. The molecule has 0 aromatic heterocycles. The van der Waals surface area contributed by atoms with Crippen LogP contribution in [0.2, 0.25) is 0 Å². The van der Waals surface area contributed by atoms with Crippen molar-refractivity contribution < 1.29 is 35.9 Å². The monoisotopic (exact) mass is 432 g/mol. The molecule has 11 heteroatoms. The number of anilines is 2. The second-order valence-corrected chi connectivity index (χ2v) is 7.84. The van der Waals surface area contributed by atoms with Crippen LogP contribution in [0, 0.1) is 0 Å². The molecule has 0 aliphatic rings. The summed E-state index contributed by atoms with van der Waals surface area (Å²) in [5.41, 5.74) is -1.06. The van der Waals surface area contributed by atoms with Gasteiger partial charge in [0.2, 0.25) is 15.9 Å². The van der Waals surface area contributed by atoms with E-state index in [9.17, 15) is 26.4 Å². The number of hydrogen-bond donors (Lipinski definition) is 1. The number of carbonyl (C=O) groups excluding carboxylic acids is 1. The highest BCUT2D eigenvalue weighted by Gasteiger charge is 2.32. The van der Waals surface area contributed by atoms with Crippen molar-refractivity contribution in [3.8, 4) is 11.5 Å². The highest BCUT2D eigenvalue weighted by atomic mass is 32.2. The van der Waals surface area contributed by atoms with Gasteiger partial charge in [-0.05, 0) is 30.3 Å². The van der Waals surface area contributed by atoms with Crippen molar-refractivity contribution in [2.45, 2.75) is 6.18 Å². The highest BCUT2D eigenvalue weighted by molar-refractivity contribution is 7.92. The second-order valence-electron chi connectivity index (χ2n) is 5.93. The molecule has 0 saturated heterocycles. The van der Waals surface area contributed by atoms with Crippen molar-refractivity contribution >= 4 is 27.3 Å². The van der Waals surface area contributed by atoms with Crippen LogP contribution in [0.25, 0.3) is 0 Å². The smallest absolute Gasteiger partial charge is 0.416 e. The minimum absolute atomic E-state index is 0.246. The van der Waals surface area contributed by atoms with Gasteiger partial charge in [0.25, 0.3) is 0 Å². The third kappa shape index (κ3) is 5.76. The molecule has 29 heavy (non-hydrogen) atoms. The molecule has 0 spiro atoms. The van der Waals surface area contributed by atoms with Crippen molar-refractivity contribution in [2.24, 2.45) is 0 Å². The maximum Gasteiger partial charge on any atom is 0.416 e. The zero-order valence-corrected chi connectivity index (χ0v) is 16.6. The molecule has 0 saturated carbocycles. The number of nitrogens with zero attached hydrogens (tertiary/aromatic N) is 1. The summed E-state index contributed by atoms with van der Waals surface area (Å²) in [6, 6.07) is 8.29. The molecule has 2 rings (SSSR count). The minimum atomic E-state index is -4.65. The van der Waals surface area contributed by atoms with Gasteiger partial charge in [-0.1, -0.05) is 6.07 Å². The number of benzene rings is 2. The molecular formula is C18H19F3N2O5S. The quantitative estimate of drug-likeness (QED) is 0.727. The molecule has 0 unspecified atom stereocenters. The van der Waals surface area contributed by atoms with Crippen molar-refractivity contribution in [2.75, 3.05) is 36.6 Å². The van der Waals surface area contributed by atoms with Crippen LogP contribution in [0.5, 0.6) is 11.5 Å². The Labute approximate surface area is 166 Å². The SMILES string of the molecule is COc1ccc(NC(=O)CN(c2cccc(C(F)(F)F)c2)S(C)(=O)=O)c(OC)c1. The predicted octanol–water partition coefficient (Wildman–Crippen LogP) is 3.13. The Kier molecular flexibility index (Phi) is 6.62. The van der Waals surface area contributed by atoms with Crippen LogP contribution in [0.4, 0.5) is 24.5 Å². The summed E-state index contributed by atoms with van der Waals surface area (Å²) in [6.45, 7) is -0.727. The topological polar surface area (TPSA) is 84.9 Å². The highest BCUT2D eigenvalue weighted by Crippen LogP contribution is 2.32. The summed E-state index contributed by atoms with van der Waals surface area (Å²) in [6.07, 6.45) is -3.85. The maximum atomic E-state index is 13.0. The lowest BCUT2D eigenvalue weighted by Crippen LogP contribution is -2.37. The summed E-state index contributed by atoms with van der Waals surface area (Å²) < 4.78 is 73.9. The van der Waals surface area contributed by atoms with Gasteiger partial charge in [0.15, 0.2) is 0 Å². The van der Waals surface area contributed by atoms with Gasteiger partial charge in [0.1, 0.15) is 18.0 Å². The zero-order valence-electron chi connectivity index (χ0n) is 15.8. The average molecular weight is 432 g/mol. The molecule has 1 amide bonds. The van der Waals surface area contributed by atoms with E-state index in [0.29, 0.717) is 16.1 Å². The minimum Gasteiger partial charge on any atom is -0.497 e. The van der Waals surface area contributed by atoms with Crippen LogP contribution in [-0.4, -0.2) is 41.3 Å². The summed E-state index contributed by atoms with van der Waals surface area (Å²) in [4.78, 5) is 12.4. The predicted molar refractivity (Wildman–Crippen MR) is 102 cm³/mol. The number of amides is 1. The number of sulfonamides is 1. The summed E-state index contributed by atoms with van der Waals surface area (Å²) in [7, 11) is -1.22. The average Bonchev–Trinajstić information content (AvgIpc) is 2.65. The van der Waals surface area contributed by atoms with Crippen molar-refractivity contribution in [3.63, 3.8) is 0 Å². The molecule has 158 valence electrons. The van der Waals surface area contributed by atoms with E-state index in [1.165, 1.54) is 32.4 Å². The van der Waals surface area contributed by atoms with E-state index in [1.54, 1.807) is 6.07 Å². The fourth-order valence-electron chi connectivity index (χ4n) is 2.46. The molecule has 0 bridgehead atoms. The Hall–Kier alpha value is -2.95. The van der Waals surface area contributed by atoms with Crippen molar-refractivity contribution in [1.82, 2.24) is 0 Å². The van der Waals surface area contributed by atoms with Crippen LogP contribution < -0.4 is 19.1 Å². The second kappa shape index (κ2) is 8.60. The molecule has 1 N–H and O–H groups in total.